The normalized spacial score (nSPS) is 10.2. The van der Waals surface area contributed by atoms with Crippen molar-refractivity contribution in [2.75, 3.05) is 18.4 Å². The van der Waals surface area contributed by atoms with Crippen LogP contribution in [0.2, 0.25) is 0 Å². The van der Waals surface area contributed by atoms with Gasteiger partial charge in [-0.05, 0) is 47.6 Å². The average Bonchev–Trinajstić information content (AvgIpc) is 2.69. The third-order valence-corrected chi connectivity index (χ3v) is 2.68. The molecule has 0 aliphatic rings. The van der Waals surface area contributed by atoms with Gasteiger partial charge in [-0.1, -0.05) is 25.7 Å². The van der Waals surface area contributed by atoms with E-state index >= 15 is 0 Å². The lowest BCUT2D eigenvalue weighted by atomic mass is 10.3. The van der Waals surface area contributed by atoms with E-state index in [9.17, 15) is 35.9 Å². The van der Waals surface area contributed by atoms with Gasteiger partial charge in [0.05, 0.1) is 18.4 Å². The van der Waals surface area contributed by atoms with Crippen molar-refractivity contribution < 1.29 is 35.9 Å². The molecule has 0 aromatic rings. The fourth-order valence-electron chi connectivity index (χ4n) is 1.36. The third-order valence-electron chi connectivity index (χ3n) is 2.68. The fourth-order valence-corrected chi connectivity index (χ4v) is 1.36. The molecular weight excluding hydrogens is 549 g/mol. The molecule has 14 heteroatoms. The Morgan fingerprint density at radius 3 is 1.38 bits per heavy atom. The first-order chi connectivity index (χ1) is 16.6. The van der Waals surface area contributed by atoms with Crippen molar-refractivity contribution in [1.82, 2.24) is 15.5 Å². The topological polar surface area (TPSA) is 87.5 Å². The molecule has 0 atom stereocenters. The summed E-state index contributed by atoms with van der Waals surface area (Å²) < 4.78 is 70.0. The number of nitrogens with zero attached hydrogens (tertiary/aromatic N) is 1. The summed E-state index contributed by atoms with van der Waals surface area (Å²) in [5.74, 6) is 0.720. The third kappa shape index (κ3) is 41.5. The van der Waals surface area contributed by atoms with E-state index in [1.165, 1.54) is 27.7 Å². The summed E-state index contributed by atoms with van der Waals surface area (Å²) in [5.41, 5.74) is 5.11. The van der Waals surface area contributed by atoms with Gasteiger partial charge in [-0.2, -0.15) is 26.3 Å². The number of nitrogens with one attached hydrogen (secondary N) is 2. The van der Waals surface area contributed by atoms with Crippen molar-refractivity contribution in [2.24, 2.45) is 5.73 Å². The number of carbonyl (C=O) groups excluding carboxylic acids is 2. The lowest BCUT2D eigenvalue weighted by Gasteiger charge is -2.25. The highest BCUT2D eigenvalue weighted by Crippen LogP contribution is 2.19. The highest BCUT2D eigenvalue weighted by atomic mass is 35.5. The Hall–Kier alpha value is -1.86. The van der Waals surface area contributed by atoms with Crippen LogP contribution in [0.5, 0.6) is 0 Å². The highest BCUT2D eigenvalue weighted by molar-refractivity contribution is 6.40. The first-order valence-electron chi connectivity index (χ1n) is 10.8. The van der Waals surface area contributed by atoms with Crippen LogP contribution in [0.25, 0.3) is 0 Å². The number of terminal acetylenes is 2. The van der Waals surface area contributed by atoms with E-state index in [1.54, 1.807) is 5.32 Å². The number of halogens is 8. The van der Waals surface area contributed by atoms with Crippen LogP contribution in [-0.4, -0.2) is 71.7 Å². The summed E-state index contributed by atoms with van der Waals surface area (Å²) >= 11 is 9.53. The Kier molecular flexibility index (Phi) is 31.4. The maximum absolute atomic E-state index is 11.9. The van der Waals surface area contributed by atoms with Crippen LogP contribution in [0.1, 0.15) is 55.4 Å². The summed E-state index contributed by atoms with van der Waals surface area (Å²) in [6, 6.07) is -0.185. The van der Waals surface area contributed by atoms with Gasteiger partial charge >= 0.3 is 24.2 Å². The minimum absolute atomic E-state index is 0.194. The van der Waals surface area contributed by atoms with Crippen LogP contribution in [-0.2, 0) is 9.59 Å². The summed E-state index contributed by atoms with van der Waals surface area (Å²) in [6.45, 7) is 14.2. The zero-order chi connectivity index (χ0) is 31.0. The average molecular weight is 589 g/mol. The number of hydrogen-bond donors (Lipinski definition) is 3. The maximum Gasteiger partial charge on any atom is 0.471 e. The van der Waals surface area contributed by atoms with E-state index < -0.39 is 36.3 Å². The number of nitrogens with two attached hydrogens (primary N) is 1. The lowest BCUT2D eigenvalue weighted by Crippen LogP contribution is -2.45. The highest BCUT2D eigenvalue weighted by Gasteiger charge is 2.43. The molecule has 0 unspecified atom stereocenters. The van der Waals surface area contributed by atoms with E-state index in [0.717, 1.165) is 0 Å². The molecule has 0 spiro atoms. The van der Waals surface area contributed by atoms with Crippen LogP contribution in [0.15, 0.2) is 0 Å². The van der Waals surface area contributed by atoms with E-state index in [-0.39, 0.29) is 11.9 Å². The number of rotatable bonds is 5. The zero-order valence-electron chi connectivity index (χ0n) is 22.5. The van der Waals surface area contributed by atoms with Gasteiger partial charge in [0, 0.05) is 18.1 Å². The SMILES string of the molecule is C#CCN(C(=O)C(F)(F)F)C(C)C.C#CCNC(C)C.CC(C)N.CC(C)NC(=O)C(F)(F)F.ClCCl. The van der Waals surface area contributed by atoms with Crippen molar-refractivity contribution in [3.8, 4) is 24.7 Å². The minimum Gasteiger partial charge on any atom is -0.346 e. The maximum atomic E-state index is 11.9. The fraction of sp³-hybridized carbons (Fsp3) is 0.739. The molecule has 6 nitrogen and oxygen atoms in total. The predicted octanol–water partition coefficient (Wildman–Crippen LogP) is 4.88. The van der Waals surface area contributed by atoms with Gasteiger partial charge in [0.25, 0.3) is 0 Å². The van der Waals surface area contributed by atoms with Crippen LogP contribution < -0.4 is 16.4 Å². The molecule has 0 rings (SSSR count). The quantitative estimate of drug-likeness (QED) is 0.242. The molecular formula is C23H40Cl2F6N4O2. The Labute approximate surface area is 227 Å². The molecule has 37 heavy (non-hydrogen) atoms. The predicted molar refractivity (Wildman–Crippen MR) is 139 cm³/mol. The Bertz CT molecular complexity index is 655. The van der Waals surface area contributed by atoms with Crippen molar-refractivity contribution in [1.29, 1.82) is 0 Å². The van der Waals surface area contributed by atoms with Crippen molar-refractivity contribution in [2.45, 2.75) is 91.9 Å². The molecule has 0 aromatic heterocycles. The van der Waals surface area contributed by atoms with Crippen LogP contribution in [0.3, 0.4) is 0 Å². The van der Waals surface area contributed by atoms with Crippen LogP contribution in [0, 0.1) is 24.7 Å². The molecule has 0 aliphatic heterocycles. The molecule has 2 amide bonds. The molecule has 0 heterocycles. The van der Waals surface area contributed by atoms with Gasteiger partial charge in [0.2, 0.25) is 0 Å². The second-order valence-corrected chi connectivity index (χ2v) is 8.75. The summed E-state index contributed by atoms with van der Waals surface area (Å²) in [6.07, 6.45) is 0.196. The summed E-state index contributed by atoms with van der Waals surface area (Å²) in [5, 5.41) is 4.97. The second kappa shape index (κ2) is 25.8. The van der Waals surface area contributed by atoms with E-state index in [4.69, 9.17) is 41.8 Å². The van der Waals surface area contributed by atoms with Gasteiger partial charge < -0.3 is 21.3 Å². The second-order valence-electron chi connectivity index (χ2n) is 7.94. The number of alkyl halides is 8. The summed E-state index contributed by atoms with van der Waals surface area (Å²) in [7, 11) is 0. The first kappa shape index (κ1) is 45.1. The van der Waals surface area contributed by atoms with Crippen molar-refractivity contribution in [3.05, 3.63) is 0 Å². The molecule has 0 saturated heterocycles. The molecule has 0 aromatic carbocycles. The zero-order valence-corrected chi connectivity index (χ0v) is 24.0. The number of carbonyl (C=O) groups is 2. The standard InChI is InChI=1S/C8H10F3NO.C6H11N.C5H8F3NO.C3H9N.CH2Cl2/c1-4-5-12(6(2)3)7(13)8(9,10)11;1-4-5-7-6(2)3;1-3(2)9-4(10)5(6,7)8;1-3(2)4;2-1-3/h1,6H,5H2,2-3H3;1,6-7H,5H2,2-3H3;3H,1-2H3,(H,9,10);3H,4H2,1-2H3;1H2. The van der Waals surface area contributed by atoms with Gasteiger partial charge in [-0.3, -0.25) is 9.59 Å². The largest absolute Gasteiger partial charge is 0.471 e. The van der Waals surface area contributed by atoms with Gasteiger partial charge in [-0.25, -0.2) is 0 Å². The van der Waals surface area contributed by atoms with Gasteiger partial charge in [0.15, 0.2) is 0 Å². The monoisotopic (exact) mass is 588 g/mol. The first-order valence-corrected chi connectivity index (χ1v) is 11.9. The van der Waals surface area contributed by atoms with Crippen LogP contribution in [0.4, 0.5) is 26.3 Å². The van der Waals surface area contributed by atoms with E-state index in [2.05, 4.69) is 25.1 Å². The molecule has 0 fully saturated rings. The summed E-state index contributed by atoms with van der Waals surface area (Å²) in [4.78, 5) is 21.3. The van der Waals surface area contributed by atoms with Crippen LogP contribution >= 0.6 is 23.2 Å². The molecule has 0 saturated carbocycles. The molecule has 0 aliphatic carbocycles. The van der Waals surface area contributed by atoms with Gasteiger partial charge in [0.1, 0.15) is 0 Å². The lowest BCUT2D eigenvalue weighted by molar-refractivity contribution is -0.186. The number of amides is 2. The number of hydrogen-bond acceptors (Lipinski definition) is 4. The van der Waals surface area contributed by atoms with Gasteiger partial charge in [-0.15, -0.1) is 36.0 Å². The van der Waals surface area contributed by atoms with E-state index in [1.807, 2.05) is 19.8 Å². The minimum atomic E-state index is -4.85. The molecule has 0 bridgehead atoms. The Morgan fingerprint density at radius 1 is 0.865 bits per heavy atom. The smallest absolute Gasteiger partial charge is 0.346 e. The molecule has 220 valence electrons. The Morgan fingerprint density at radius 2 is 1.24 bits per heavy atom. The van der Waals surface area contributed by atoms with E-state index in [0.29, 0.717) is 23.5 Å². The van der Waals surface area contributed by atoms with Crippen molar-refractivity contribution in [3.63, 3.8) is 0 Å². The van der Waals surface area contributed by atoms with Crippen molar-refractivity contribution >= 4 is 35.0 Å². The Balaban J connectivity index is -0.000000126. The molecule has 4 N–H and O–H groups in total. The molecule has 0 radical (unpaired) electrons.